The molecule has 0 heterocycles. The molecule has 0 amide bonds. The van der Waals surface area contributed by atoms with Crippen LogP contribution >= 0.6 is 15.9 Å². The number of nitrogens with zero attached hydrogens (tertiary/aromatic N) is 1. The monoisotopic (exact) mass is 319 g/mol. The average molecular weight is 320 g/mol. The van der Waals surface area contributed by atoms with Crippen molar-refractivity contribution in [2.45, 2.75) is 13.2 Å². The van der Waals surface area contributed by atoms with E-state index in [1.165, 1.54) is 12.1 Å². The fourth-order valence-electron chi connectivity index (χ4n) is 1.71. The molecule has 0 bridgehead atoms. The molecule has 0 saturated carbocycles. The zero-order chi connectivity index (χ0) is 13.7. The van der Waals surface area contributed by atoms with E-state index >= 15 is 0 Å². The van der Waals surface area contributed by atoms with Gasteiger partial charge in [-0.1, -0.05) is 28.1 Å². The summed E-state index contributed by atoms with van der Waals surface area (Å²) in [6.45, 7) is 0.719. The Morgan fingerprint density at radius 1 is 1.11 bits per heavy atom. The Hall–Kier alpha value is -1.70. The van der Waals surface area contributed by atoms with Crippen LogP contribution in [0.3, 0.4) is 0 Å². The Balaban J connectivity index is 1.96. The molecule has 2 aromatic rings. The van der Waals surface area contributed by atoms with Gasteiger partial charge in [-0.05, 0) is 41.5 Å². The molecular weight excluding hydrogens is 309 g/mol. The van der Waals surface area contributed by atoms with Gasteiger partial charge in [0.15, 0.2) is 0 Å². The van der Waals surface area contributed by atoms with Gasteiger partial charge in [0.05, 0.1) is 24.8 Å². The van der Waals surface area contributed by atoms with Gasteiger partial charge in [-0.3, -0.25) is 0 Å². The second-order valence-corrected chi connectivity index (χ2v) is 5.00. The molecule has 0 radical (unpaired) electrons. The standard InChI is InChI=1S/C15H11BrFNO/c16-14-3-1-2-11(5-14)9-19-10-13-4-12(8-18)6-15(17)7-13/h1-7H,9-10H2. The maximum absolute atomic E-state index is 13.2. The van der Waals surface area contributed by atoms with E-state index in [1.807, 2.05) is 30.3 Å². The van der Waals surface area contributed by atoms with E-state index in [0.717, 1.165) is 10.0 Å². The summed E-state index contributed by atoms with van der Waals surface area (Å²) in [6, 6.07) is 13.9. The number of benzene rings is 2. The van der Waals surface area contributed by atoms with Crippen LogP contribution in [0.15, 0.2) is 46.9 Å². The summed E-state index contributed by atoms with van der Waals surface area (Å²) >= 11 is 3.39. The maximum atomic E-state index is 13.2. The lowest BCUT2D eigenvalue weighted by molar-refractivity contribution is 0.107. The van der Waals surface area contributed by atoms with Gasteiger partial charge in [0, 0.05) is 4.47 Å². The largest absolute Gasteiger partial charge is 0.372 e. The molecule has 0 aliphatic carbocycles. The van der Waals surface area contributed by atoms with Crippen LogP contribution in [0.4, 0.5) is 4.39 Å². The third-order valence-corrected chi connectivity index (χ3v) is 3.01. The third kappa shape index (κ3) is 4.16. The minimum atomic E-state index is -0.417. The molecule has 0 fully saturated rings. The first kappa shape index (κ1) is 13.7. The van der Waals surface area contributed by atoms with Crippen LogP contribution in [0.5, 0.6) is 0 Å². The summed E-state index contributed by atoms with van der Waals surface area (Å²) in [5.41, 5.74) is 2.00. The molecule has 0 unspecified atom stereocenters. The first-order valence-electron chi connectivity index (χ1n) is 5.69. The Labute approximate surface area is 119 Å². The van der Waals surface area contributed by atoms with Crippen molar-refractivity contribution in [1.29, 1.82) is 5.26 Å². The molecule has 4 heteroatoms. The van der Waals surface area contributed by atoms with Crippen molar-refractivity contribution in [2.24, 2.45) is 0 Å². The van der Waals surface area contributed by atoms with E-state index in [-0.39, 0.29) is 6.61 Å². The van der Waals surface area contributed by atoms with E-state index in [1.54, 1.807) is 6.07 Å². The molecule has 0 aliphatic rings. The molecule has 2 aromatic carbocycles. The fourth-order valence-corrected chi connectivity index (χ4v) is 2.16. The highest BCUT2D eigenvalue weighted by Crippen LogP contribution is 2.14. The lowest BCUT2D eigenvalue weighted by Gasteiger charge is -2.06. The number of halogens is 2. The molecule has 0 aliphatic heterocycles. The smallest absolute Gasteiger partial charge is 0.124 e. The lowest BCUT2D eigenvalue weighted by atomic mass is 10.1. The zero-order valence-electron chi connectivity index (χ0n) is 10.1. The van der Waals surface area contributed by atoms with Crippen molar-refractivity contribution in [1.82, 2.24) is 0 Å². The molecule has 96 valence electrons. The van der Waals surface area contributed by atoms with Gasteiger partial charge in [-0.25, -0.2) is 4.39 Å². The Kier molecular flexibility index (Phi) is 4.67. The van der Waals surface area contributed by atoms with Gasteiger partial charge in [-0.2, -0.15) is 5.26 Å². The van der Waals surface area contributed by atoms with Gasteiger partial charge in [-0.15, -0.1) is 0 Å². The van der Waals surface area contributed by atoms with Crippen molar-refractivity contribution < 1.29 is 9.13 Å². The third-order valence-electron chi connectivity index (χ3n) is 2.51. The minimum absolute atomic E-state index is 0.277. The van der Waals surface area contributed by atoms with Crippen LogP contribution in [0.2, 0.25) is 0 Å². The summed E-state index contributed by atoms with van der Waals surface area (Å²) in [5, 5.41) is 8.76. The molecule has 0 spiro atoms. The van der Waals surface area contributed by atoms with Crippen LogP contribution in [0, 0.1) is 17.1 Å². The Bertz CT molecular complexity index is 622. The minimum Gasteiger partial charge on any atom is -0.372 e. The highest BCUT2D eigenvalue weighted by atomic mass is 79.9. The predicted molar refractivity (Wildman–Crippen MR) is 73.8 cm³/mol. The first-order valence-corrected chi connectivity index (χ1v) is 6.48. The second kappa shape index (κ2) is 6.46. The molecular formula is C15H11BrFNO. The first-order chi connectivity index (χ1) is 9.17. The Morgan fingerprint density at radius 3 is 2.63 bits per heavy atom. The average Bonchev–Trinajstić information content (AvgIpc) is 2.38. The van der Waals surface area contributed by atoms with Crippen LogP contribution in [0.25, 0.3) is 0 Å². The van der Waals surface area contributed by atoms with E-state index in [0.29, 0.717) is 17.7 Å². The van der Waals surface area contributed by atoms with Crippen LogP contribution in [-0.2, 0) is 18.0 Å². The summed E-state index contributed by atoms with van der Waals surface area (Å²) in [4.78, 5) is 0. The van der Waals surface area contributed by atoms with Crippen LogP contribution in [0.1, 0.15) is 16.7 Å². The molecule has 0 N–H and O–H groups in total. The van der Waals surface area contributed by atoms with Crippen molar-refractivity contribution in [3.05, 3.63) is 69.4 Å². The summed E-state index contributed by atoms with van der Waals surface area (Å²) in [7, 11) is 0. The van der Waals surface area contributed by atoms with Gasteiger partial charge >= 0.3 is 0 Å². The molecule has 2 rings (SSSR count). The topological polar surface area (TPSA) is 33.0 Å². The zero-order valence-corrected chi connectivity index (χ0v) is 11.7. The van der Waals surface area contributed by atoms with Crippen molar-refractivity contribution in [3.8, 4) is 6.07 Å². The second-order valence-electron chi connectivity index (χ2n) is 4.08. The van der Waals surface area contributed by atoms with E-state index in [4.69, 9.17) is 10.00 Å². The normalized spacial score (nSPS) is 10.2. The summed E-state index contributed by atoms with van der Waals surface area (Å²) < 4.78 is 19.7. The number of hydrogen-bond donors (Lipinski definition) is 0. The predicted octanol–water partition coefficient (Wildman–Crippen LogP) is 4.18. The highest BCUT2D eigenvalue weighted by molar-refractivity contribution is 9.10. The number of ether oxygens (including phenoxy) is 1. The number of hydrogen-bond acceptors (Lipinski definition) is 2. The quantitative estimate of drug-likeness (QED) is 0.847. The molecule has 0 saturated heterocycles. The summed E-state index contributed by atoms with van der Waals surface area (Å²) in [6.07, 6.45) is 0. The van der Waals surface area contributed by atoms with Gasteiger partial charge in [0.25, 0.3) is 0 Å². The van der Waals surface area contributed by atoms with Crippen LogP contribution < -0.4 is 0 Å². The van der Waals surface area contributed by atoms with E-state index in [9.17, 15) is 4.39 Å². The molecule has 19 heavy (non-hydrogen) atoms. The number of rotatable bonds is 4. The van der Waals surface area contributed by atoms with Gasteiger partial charge in [0.1, 0.15) is 5.82 Å². The van der Waals surface area contributed by atoms with Crippen molar-refractivity contribution in [2.75, 3.05) is 0 Å². The van der Waals surface area contributed by atoms with Crippen LogP contribution in [-0.4, -0.2) is 0 Å². The maximum Gasteiger partial charge on any atom is 0.124 e. The van der Waals surface area contributed by atoms with Crippen molar-refractivity contribution in [3.63, 3.8) is 0 Å². The molecule has 0 atom stereocenters. The number of nitriles is 1. The molecule has 0 aromatic heterocycles. The van der Waals surface area contributed by atoms with Gasteiger partial charge < -0.3 is 4.74 Å². The summed E-state index contributed by atoms with van der Waals surface area (Å²) in [5.74, 6) is -0.417. The van der Waals surface area contributed by atoms with E-state index in [2.05, 4.69) is 15.9 Å². The fraction of sp³-hybridized carbons (Fsp3) is 0.133. The van der Waals surface area contributed by atoms with E-state index < -0.39 is 5.82 Å². The van der Waals surface area contributed by atoms with Crippen molar-refractivity contribution >= 4 is 15.9 Å². The lowest BCUT2D eigenvalue weighted by Crippen LogP contribution is -1.95. The Morgan fingerprint density at radius 2 is 1.89 bits per heavy atom. The SMILES string of the molecule is N#Cc1cc(F)cc(COCc2cccc(Br)c2)c1. The molecule has 2 nitrogen and oxygen atoms in total. The van der Waals surface area contributed by atoms with Gasteiger partial charge in [0.2, 0.25) is 0 Å². The highest BCUT2D eigenvalue weighted by Gasteiger charge is 2.01.